The molecule has 0 saturated carbocycles. The second-order valence-electron chi connectivity index (χ2n) is 8.21. The summed E-state index contributed by atoms with van der Waals surface area (Å²) in [7, 11) is 1.33. The summed E-state index contributed by atoms with van der Waals surface area (Å²) in [5.74, 6) is -0.691. The van der Waals surface area contributed by atoms with Crippen molar-refractivity contribution in [3.05, 3.63) is 69.7 Å². The van der Waals surface area contributed by atoms with Crippen LogP contribution in [0.1, 0.15) is 24.0 Å². The highest BCUT2D eigenvalue weighted by atomic mass is 35.5. The number of nitrogens with one attached hydrogen (secondary N) is 1. The first-order valence-electron chi connectivity index (χ1n) is 11.3. The molecule has 1 saturated heterocycles. The van der Waals surface area contributed by atoms with Gasteiger partial charge in [0, 0.05) is 30.5 Å². The number of nitrogens with zero attached hydrogens (tertiary/aromatic N) is 1. The number of aliphatic hydroxyl groups excluding tert-OH is 1. The van der Waals surface area contributed by atoms with Crippen LogP contribution in [0.2, 0.25) is 10.0 Å². The van der Waals surface area contributed by atoms with Crippen molar-refractivity contribution in [3.63, 3.8) is 0 Å². The van der Waals surface area contributed by atoms with Gasteiger partial charge in [-0.15, -0.1) is 11.8 Å². The maximum absolute atomic E-state index is 12.7. The van der Waals surface area contributed by atoms with Gasteiger partial charge in [0.05, 0.1) is 23.1 Å². The highest BCUT2D eigenvalue weighted by Crippen LogP contribution is 2.35. The van der Waals surface area contributed by atoms with Crippen molar-refractivity contribution >= 4 is 58.8 Å². The summed E-state index contributed by atoms with van der Waals surface area (Å²) in [4.78, 5) is 30.5. The molecule has 0 bridgehead atoms. The van der Waals surface area contributed by atoms with Crippen LogP contribution in [0.15, 0.2) is 53.4 Å². The lowest BCUT2D eigenvalue weighted by Gasteiger charge is -2.29. The van der Waals surface area contributed by atoms with Gasteiger partial charge in [0.1, 0.15) is 0 Å². The number of rotatable bonds is 8. The minimum atomic E-state index is -0.695. The van der Waals surface area contributed by atoms with Crippen molar-refractivity contribution in [1.29, 1.82) is 0 Å². The monoisotopic (exact) mass is 535 g/mol. The molecule has 186 valence electrons. The quantitative estimate of drug-likeness (QED) is 0.177. The molecule has 3 rings (SSSR count). The molecule has 1 aliphatic rings. The number of likely N-dealkylation sites (tertiary alicyclic amines) is 1. The van der Waals surface area contributed by atoms with E-state index in [1.54, 1.807) is 11.0 Å². The van der Waals surface area contributed by atoms with Crippen molar-refractivity contribution in [2.24, 2.45) is 5.92 Å². The minimum absolute atomic E-state index is 0.0503. The molecular formula is C26H29Cl2N2O4S+. The van der Waals surface area contributed by atoms with Crippen LogP contribution < -0.4 is 4.99 Å². The Morgan fingerprint density at radius 2 is 1.86 bits per heavy atom. The largest absolute Gasteiger partial charge is 0.464 e. The molecule has 1 atom stereocenters. The van der Waals surface area contributed by atoms with Crippen molar-refractivity contribution in [2.75, 3.05) is 26.5 Å². The molecule has 6 nitrogen and oxygen atoms in total. The van der Waals surface area contributed by atoms with E-state index >= 15 is 0 Å². The maximum Gasteiger partial charge on any atom is 0.375 e. The van der Waals surface area contributed by atoms with Crippen molar-refractivity contribution in [2.45, 2.75) is 30.2 Å². The summed E-state index contributed by atoms with van der Waals surface area (Å²) in [5.41, 5.74) is 1.64. The van der Waals surface area contributed by atoms with Crippen molar-refractivity contribution in [3.8, 4) is 0 Å². The van der Waals surface area contributed by atoms with E-state index in [-0.39, 0.29) is 17.7 Å². The van der Waals surface area contributed by atoms with Crippen molar-refractivity contribution in [1.82, 2.24) is 4.90 Å². The Hall–Kier alpha value is -2.48. The van der Waals surface area contributed by atoms with Gasteiger partial charge in [-0.1, -0.05) is 59.6 Å². The molecular weight excluding hydrogens is 507 g/mol. The number of benzene rings is 2. The number of esters is 1. The van der Waals surface area contributed by atoms with Crippen LogP contribution in [0, 0.1) is 5.92 Å². The molecule has 1 fully saturated rings. The Labute approximate surface area is 220 Å². The molecule has 1 aliphatic heterocycles. The van der Waals surface area contributed by atoms with E-state index in [4.69, 9.17) is 27.9 Å². The van der Waals surface area contributed by atoms with Gasteiger partial charge in [-0.2, -0.15) is 0 Å². The molecule has 2 N–H and O–H groups in total. The van der Waals surface area contributed by atoms with E-state index in [1.807, 2.05) is 48.7 Å². The highest BCUT2D eigenvalue weighted by Gasteiger charge is 2.32. The summed E-state index contributed by atoms with van der Waals surface area (Å²) < 4.78 is 4.91. The lowest BCUT2D eigenvalue weighted by Crippen LogP contribution is -2.84. The van der Waals surface area contributed by atoms with Gasteiger partial charge >= 0.3 is 11.9 Å². The van der Waals surface area contributed by atoms with E-state index in [1.165, 1.54) is 24.9 Å². The summed E-state index contributed by atoms with van der Waals surface area (Å²) in [6, 6.07) is 12.6. The molecule has 9 heteroatoms. The van der Waals surface area contributed by atoms with E-state index in [2.05, 4.69) is 4.99 Å². The number of hydrogen-bond donors (Lipinski definition) is 2. The zero-order valence-corrected chi connectivity index (χ0v) is 22.0. The summed E-state index contributed by atoms with van der Waals surface area (Å²) >= 11 is 14.1. The number of carbonyl (C=O) groups is 2. The lowest BCUT2D eigenvalue weighted by molar-refractivity contribution is -0.501. The fourth-order valence-corrected chi connectivity index (χ4v) is 5.13. The molecule has 0 unspecified atom stereocenters. The average molecular weight is 537 g/mol. The Bertz CT molecular complexity index is 1100. The summed E-state index contributed by atoms with van der Waals surface area (Å²) in [6.45, 7) is 0.974. The smallest absolute Gasteiger partial charge is 0.375 e. The number of ether oxygens (including phenoxy) is 1. The number of hydrogen-bond acceptors (Lipinski definition) is 4. The standard InChI is InChI=1S/C26H28Cl2N2O4S/c1-34-26(33)20(16-17-6-4-3-5-7-17)29-25(32)19-12-14-30(15-13-19)22(31)11-9-18-8-10-21(35-2)24(28)23(18)27/h3-11,19-20H,12-16H2,1-2H3,(H,29,32)/p+1/b11-9+/t20-/m0/s1. The fraction of sp³-hybridized carbons (Fsp3) is 0.346. The normalized spacial score (nSPS) is 15.9. The number of halogens is 2. The number of amides is 1. The third-order valence-corrected chi connectivity index (χ3v) is 7.77. The van der Waals surface area contributed by atoms with Crippen LogP contribution in [0.5, 0.6) is 0 Å². The number of aliphatic hydroxyl groups is 1. The summed E-state index contributed by atoms with van der Waals surface area (Å²) in [5, 5.41) is 11.6. The van der Waals surface area contributed by atoms with Crippen LogP contribution in [0.3, 0.4) is 0 Å². The van der Waals surface area contributed by atoms with Gasteiger partial charge in [0.25, 0.3) is 6.04 Å². The number of carbonyl (C=O) groups excluding carboxylic acids is 2. The summed E-state index contributed by atoms with van der Waals surface area (Å²) in [6.07, 6.45) is 6.63. The molecule has 0 aromatic heterocycles. The highest BCUT2D eigenvalue weighted by molar-refractivity contribution is 7.98. The van der Waals surface area contributed by atoms with E-state index in [0.717, 1.165) is 10.5 Å². The fourth-order valence-electron chi connectivity index (χ4n) is 3.95. The van der Waals surface area contributed by atoms with Crippen LogP contribution in [-0.2, 0) is 20.7 Å². The van der Waals surface area contributed by atoms with Gasteiger partial charge in [0.2, 0.25) is 5.91 Å². The second-order valence-corrected chi connectivity index (χ2v) is 9.82. The molecule has 0 radical (unpaired) electrons. The van der Waals surface area contributed by atoms with Crippen molar-refractivity contribution < 1.29 is 24.4 Å². The lowest BCUT2D eigenvalue weighted by atomic mass is 9.96. The average Bonchev–Trinajstić information content (AvgIpc) is 2.89. The Morgan fingerprint density at radius 3 is 2.49 bits per heavy atom. The number of methoxy groups -OCH3 is 1. The molecule has 0 spiro atoms. The Balaban J connectivity index is 1.60. The van der Waals surface area contributed by atoms with Crippen LogP contribution in [0.25, 0.3) is 6.08 Å². The predicted octanol–water partition coefficient (Wildman–Crippen LogP) is 3.79. The maximum atomic E-state index is 12.7. The van der Waals surface area contributed by atoms with E-state index in [0.29, 0.717) is 48.0 Å². The van der Waals surface area contributed by atoms with Gasteiger partial charge in [-0.05, 0) is 42.4 Å². The Morgan fingerprint density at radius 1 is 1.17 bits per heavy atom. The molecule has 1 heterocycles. The molecule has 35 heavy (non-hydrogen) atoms. The van der Waals surface area contributed by atoms with Gasteiger partial charge < -0.3 is 14.7 Å². The minimum Gasteiger partial charge on any atom is -0.464 e. The van der Waals surface area contributed by atoms with Gasteiger partial charge in [-0.3, -0.25) is 4.79 Å². The van der Waals surface area contributed by atoms with E-state index < -0.39 is 12.0 Å². The predicted molar refractivity (Wildman–Crippen MR) is 141 cm³/mol. The number of piperidine rings is 1. The topological polar surface area (TPSA) is 80.8 Å². The second kappa shape index (κ2) is 13.0. The molecule has 2 aromatic carbocycles. The first-order chi connectivity index (χ1) is 16.8. The van der Waals surface area contributed by atoms with Gasteiger partial charge in [0.15, 0.2) is 0 Å². The molecule has 0 aliphatic carbocycles. The first-order valence-corrected chi connectivity index (χ1v) is 13.2. The third-order valence-electron chi connectivity index (χ3n) is 5.99. The third kappa shape index (κ3) is 7.26. The van der Waals surface area contributed by atoms with Crippen LogP contribution in [0.4, 0.5) is 0 Å². The number of thioether (sulfide) groups is 1. The molecule has 1 amide bonds. The van der Waals surface area contributed by atoms with E-state index in [9.17, 15) is 14.7 Å². The zero-order valence-electron chi connectivity index (χ0n) is 19.7. The zero-order chi connectivity index (χ0) is 25.4. The Kier molecular flexibility index (Phi) is 10.1. The molecule has 2 aromatic rings. The van der Waals surface area contributed by atoms with Gasteiger partial charge in [-0.25, -0.2) is 9.79 Å². The first kappa shape index (κ1) is 27.1. The van der Waals surface area contributed by atoms with Crippen LogP contribution in [-0.4, -0.2) is 60.3 Å². The van der Waals surface area contributed by atoms with Crippen LogP contribution >= 0.6 is 35.0 Å². The SMILES string of the molecule is COC(=O)[C@H](Cc1ccccc1)[NH+]=C(O)C1CCN(C(=O)/C=C/c2ccc(SC)c(Cl)c2Cl)CC1.